The van der Waals surface area contributed by atoms with Gasteiger partial charge in [0, 0.05) is 30.5 Å². The standard InChI is InChI=1S/C8H10N4S/c1-2-11-7(10-1)5-9-6-8-12-3-4-13-8/h1-4,9H,5-6H2,(H,10,11). The molecule has 2 aromatic rings. The first-order chi connectivity index (χ1) is 6.45. The quantitative estimate of drug-likeness (QED) is 0.767. The van der Waals surface area contributed by atoms with Gasteiger partial charge in [0.15, 0.2) is 0 Å². The van der Waals surface area contributed by atoms with Crippen LogP contribution in [0.1, 0.15) is 10.8 Å². The van der Waals surface area contributed by atoms with E-state index in [1.165, 1.54) is 0 Å². The Bertz CT molecular complexity index is 293. The maximum absolute atomic E-state index is 4.16. The first-order valence-electron chi connectivity index (χ1n) is 4.02. The zero-order valence-corrected chi connectivity index (χ0v) is 7.84. The highest BCUT2D eigenvalue weighted by molar-refractivity contribution is 7.09. The molecule has 0 aliphatic heterocycles. The SMILES string of the molecule is c1c[nH]c(CNCc2nccs2)n1. The Kier molecular flexibility index (Phi) is 2.68. The molecular formula is C8H10N4S. The molecule has 5 heteroatoms. The average Bonchev–Trinajstić information content (AvgIpc) is 2.75. The van der Waals surface area contributed by atoms with Crippen LogP contribution in [0.5, 0.6) is 0 Å². The van der Waals surface area contributed by atoms with Crippen LogP contribution in [0, 0.1) is 0 Å². The van der Waals surface area contributed by atoms with E-state index < -0.39 is 0 Å². The Labute approximate surface area is 80.1 Å². The first kappa shape index (κ1) is 8.40. The lowest BCUT2D eigenvalue weighted by atomic mass is 10.5. The molecule has 0 saturated carbocycles. The van der Waals surface area contributed by atoms with Crippen molar-refractivity contribution in [3.8, 4) is 0 Å². The van der Waals surface area contributed by atoms with Crippen molar-refractivity contribution in [3.05, 3.63) is 34.8 Å². The first-order valence-corrected chi connectivity index (χ1v) is 4.90. The molecule has 4 nitrogen and oxygen atoms in total. The van der Waals surface area contributed by atoms with Gasteiger partial charge in [-0.1, -0.05) is 0 Å². The lowest BCUT2D eigenvalue weighted by Gasteiger charge is -1.98. The van der Waals surface area contributed by atoms with Crippen LogP contribution >= 0.6 is 11.3 Å². The van der Waals surface area contributed by atoms with Crippen LogP contribution in [0.3, 0.4) is 0 Å². The molecule has 2 aromatic heterocycles. The summed E-state index contributed by atoms with van der Waals surface area (Å²) in [4.78, 5) is 11.3. The Hall–Kier alpha value is -1.20. The van der Waals surface area contributed by atoms with Gasteiger partial charge in [0.2, 0.25) is 0 Å². The zero-order chi connectivity index (χ0) is 8.93. The molecule has 0 bridgehead atoms. The molecule has 0 radical (unpaired) electrons. The fraction of sp³-hybridized carbons (Fsp3) is 0.250. The van der Waals surface area contributed by atoms with Crippen LogP contribution in [0.4, 0.5) is 0 Å². The lowest BCUT2D eigenvalue weighted by Crippen LogP contribution is -2.13. The highest BCUT2D eigenvalue weighted by Gasteiger charge is 1.96. The molecular weight excluding hydrogens is 184 g/mol. The van der Waals surface area contributed by atoms with E-state index in [2.05, 4.69) is 20.3 Å². The van der Waals surface area contributed by atoms with Crippen molar-refractivity contribution in [1.29, 1.82) is 0 Å². The normalized spacial score (nSPS) is 10.5. The van der Waals surface area contributed by atoms with Crippen molar-refractivity contribution >= 4 is 11.3 Å². The molecule has 2 heterocycles. The molecule has 0 spiro atoms. The summed E-state index contributed by atoms with van der Waals surface area (Å²) in [5.74, 6) is 0.955. The molecule has 2 rings (SSSR count). The predicted molar refractivity (Wildman–Crippen MR) is 51.2 cm³/mol. The lowest BCUT2D eigenvalue weighted by molar-refractivity contribution is 0.666. The molecule has 0 atom stereocenters. The van der Waals surface area contributed by atoms with E-state index in [9.17, 15) is 0 Å². The van der Waals surface area contributed by atoms with Crippen molar-refractivity contribution in [1.82, 2.24) is 20.3 Å². The summed E-state index contributed by atoms with van der Waals surface area (Å²) in [6, 6.07) is 0. The molecule has 2 N–H and O–H groups in total. The number of nitrogens with one attached hydrogen (secondary N) is 2. The second-order valence-electron chi connectivity index (χ2n) is 2.57. The van der Waals surface area contributed by atoms with Crippen molar-refractivity contribution < 1.29 is 0 Å². The number of H-pyrrole nitrogens is 1. The van der Waals surface area contributed by atoms with E-state index >= 15 is 0 Å². The van der Waals surface area contributed by atoms with Crippen molar-refractivity contribution in [2.45, 2.75) is 13.1 Å². The molecule has 13 heavy (non-hydrogen) atoms. The number of hydrogen-bond acceptors (Lipinski definition) is 4. The van der Waals surface area contributed by atoms with E-state index in [1.54, 1.807) is 17.5 Å². The minimum absolute atomic E-state index is 0.757. The zero-order valence-electron chi connectivity index (χ0n) is 7.03. The van der Waals surface area contributed by atoms with Crippen LogP contribution in [0.25, 0.3) is 0 Å². The van der Waals surface area contributed by atoms with Crippen LogP contribution in [0.15, 0.2) is 24.0 Å². The van der Waals surface area contributed by atoms with Gasteiger partial charge in [-0.05, 0) is 0 Å². The highest BCUT2D eigenvalue weighted by atomic mass is 32.1. The Balaban J connectivity index is 1.76. The number of aromatic nitrogens is 3. The van der Waals surface area contributed by atoms with Crippen molar-refractivity contribution in [2.75, 3.05) is 0 Å². The van der Waals surface area contributed by atoms with Crippen LogP contribution < -0.4 is 5.32 Å². The Morgan fingerprint density at radius 2 is 2.31 bits per heavy atom. The highest BCUT2D eigenvalue weighted by Crippen LogP contribution is 2.02. The van der Waals surface area contributed by atoms with Crippen LogP contribution in [0.2, 0.25) is 0 Å². The van der Waals surface area contributed by atoms with Gasteiger partial charge in [-0.3, -0.25) is 0 Å². The molecule has 0 unspecified atom stereocenters. The number of rotatable bonds is 4. The Morgan fingerprint density at radius 3 is 3.00 bits per heavy atom. The van der Waals surface area contributed by atoms with Crippen molar-refractivity contribution in [3.63, 3.8) is 0 Å². The fourth-order valence-corrected chi connectivity index (χ4v) is 1.61. The smallest absolute Gasteiger partial charge is 0.120 e. The summed E-state index contributed by atoms with van der Waals surface area (Å²) in [7, 11) is 0. The van der Waals surface area contributed by atoms with Gasteiger partial charge in [0.1, 0.15) is 10.8 Å². The third kappa shape index (κ3) is 2.37. The Morgan fingerprint density at radius 1 is 1.31 bits per heavy atom. The van der Waals surface area contributed by atoms with Gasteiger partial charge in [-0.15, -0.1) is 11.3 Å². The molecule has 0 aliphatic carbocycles. The largest absolute Gasteiger partial charge is 0.348 e. The molecule has 0 aliphatic rings. The average molecular weight is 194 g/mol. The number of imidazole rings is 1. The van der Waals surface area contributed by atoms with Gasteiger partial charge >= 0.3 is 0 Å². The second-order valence-corrected chi connectivity index (χ2v) is 3.54. The maximum atomic E-state index is 4.16. The van der Waals surface area contributed by atoms with Gasteiger partial charge in [0.25, 0.3) is 0 Å². The third-order valence-corrected chi connectivity index (χ3v) is 2.39. The monoisotopic (exact) mass is 194 g/mol. The van der Waals surface area contributed by atoms with Gasteiger partial charge < -0.3 is 10.3 Å². The second kappa shape index (κ2) is 4.15. The summed E-state index contributed by atoms with van der Waals surface area (Å²) in [6.45, 7) is 1.56. The molecule has 0 aromatic carbocycles. The van der Waals surface area contributed by atoms with Crippen LogP contribution in [-0.4, -0.2) is 15.0 Å². The fourth-order valence-electron chi connectivity index (χ4n) is 1.02. The summed E-state index contributed by atoms with van der Waals surface area (Å²) >= 11 is 1.66. The summed E-state index contributed by atoms with van der Waals surface area (Å²) < 4.78 is 0. The summed E-state index contributed by atoms with van der Waals surface area (Å²) in [5.41, 5.74) is 0. The van der Waals surface area contributed by atoms with E-state index in [0.717, 1.165) is 23.9 Å². The van der Waals surface area contributed by atoms with Gasteiger partial charge in [-0.2, -0.15) is 0 Å². The number of thiazole rings is 1. The van der Waals surface area contributed by atoms with E-state index in [1.807, 2.05) is 17.8 Å². The number of aromatic amines is 1. The third-order valence-electron chi connectivity index (χ3n) is 1.61. The molecule has 0 fully saturated rings. The van der Waals surface area contributed by atoms with Gasteiger partial charge in [0.05, 0.1) is 6.54 Å². The van der Waals surface area contributed by atoms with Gasteiger partial charge in [-0.25, -0.2) is 9.97 Å². The molecule has 68 valence electrons. The van der Waals surface area contributed by atoms with E-state index in [4.69, 9.17) is 0 Å². The molecule has 0 amide bonds. The summed E-state index contributed by atoms with van der Waals surface area (Å²) in [5, 5.41) is 6.32. The van der Waals surface area contributed by atoms with Crippen LogP contribution in [-0.2, 0) is 13.1 Å². The van der Waals surface area contributed by atoms with E-state index in [-0.39, 0.29) is 0 Å². The predicted octanol–water partition coefficient (Wildman–Crippen LogP) is 1.16. The number of hydrogen-bond donors (Lipinski definition) is 2. The minimum Gasteiger partial charge on any atom is -0.348 e. The van der Waals surface area contributed by atoms with E-state index in [0.29, 0.717) is 0 Å². The topological polar surface area (TPSA) is 53.6 Å². The minimum atomic E-state index is 0.757. The summed E-state index contributed by atoms with van der Waals surface area (Å²) in [6.07, 6.45) is 5.38. The van der Waals surface area contributed by atoms with Crippen molar-refractivity contribution in [2.24, 2.45) is 0 Å². The maximum Gasteiger partial charge on any atom is 0.120 e. The molecule has 0 saturated heterocycles. The number of nitrogens with zero attached hydrogens (tertiary/aromatic N) is 2.